The summed E-state index contributed by atoms with van der Waals surface area (Å²) in [6.45, 7) is 3.70. The van der Waals surface area contributed by atoms with Crippen LogP contribution in [0.3, 0.4) is 0 Å². The Balaban J connectivity index is 3.13. The molecule has 0 aliphatic carbocycles. The van der Waals surface area contributed by atoms with Crippen LogP contribution in [0.15, 0.2) is 18.2 Å². The number of rotatable bonds is 7. The van der Waals surface area contributed by atoms with Gasteiger partial charge in [-0.1, -0.05) is 13.8 Å². The molecule has 0 aliphatic rings. The molecule has 0 aliphatic heterocycles. The first-order valence-corrected chi connectivity index (χ1v) is 6.30. The van der Waals surface area contributed by atoms with Crippen molar-refractivity contribution in [3.63, 3.8) is 0 Å². The normalized spacial score (nSPS) is 12.0. The fourth-order valence-corrected chi connectivity index (χ4v) is 1.84. The Bertz CT molecular complexity index is 571. The highest BCUT2D eigenvalue weighted by molar-refractivity contribution is 5.94. The number of carboxylic acids is 1. The Morgan fingerprint density at radius 3 is 2.48 bits per heavy atom. The molecule has 0 saturated heterocycles. The third kappa shape index (κ3) is 4.44. The first kappa shape index (κ1) is 16.4. The lowest BCUT2D eigenvalue weighted by Gasteiger charge is -2.17. The van der Waals surface area contributed by atoms with E-state index in [-0.39, 0.29) is 22.9 Å². The molecule has 0 unspecified atom stereocenters. The lowest BCUT2D eigenvalue weighted by Crippen LogP contribution is -2.31. The van der Waals surface area contributed by atoms with Crippen LogP contribution in [0.1, 0.15) is 30.6 Å². The molecule has 1 atom stereocenters. The number of hydrogen-bond acceptors (Lipinski definition) is 5. The van der Waals surface area contributed by atoms with Gasteiger partial charge in [-0.2, -0.15) is 0 Å². The Morgan fingerprint density at radius 1 is 1.43 bits per heavy atom. The predicted octanol–water partition coefficient (Wildman–Crippen LogP) is 1.60. The number of carbonyl (C=O) groups is 2. The molecule has 0 saturated carbocycles. The molecule has 21 heavy (non-hydrogen) atoms. The van der Waals surface area contributed by atoms with Crippen LogP contribution in [0.2, 0.25) is 0 Å². The zero-order chi connectivity index (χ0) is 16.2. The highest BCUT2D eigenvalue weighted by Gasteiger charge is 2.23. The van der Waals surface area contributed by atoms with Crippen molar-refractivity contribution < 1.29 is 19.6 Å². The lowest BCUT2D eigenvalue weighted by atomic mass is 10.0. The van der Waals surface area contributed by atoms with Gasteiger partial charge in [-0.15, -0.1) is 0 Å². The third-order valence-corrected chi connectivity index (χ3v) is 2.81. The summed E-state index contributed by atoms with van der Waals surface area (Å²) in [5, 5.41) is 22.8. The second kappa shape index (κ2) is 6.69. The first-order valence-electron chi connectivity index (χ1n) is 6.30. The van der Waals surface area contributed by atoms with Gasteiger partial charge < -0.3 is 16.2 Å². The number of nitrogens with two attached hydrogens (primary N) is 1. The summed E-state index contributed by atoms with van der Waals surface area (Å²) in [4.78, 5) is 32.6. The van der Waals surface area contributed by atoms with Crippen molar-refractivity contribution >= 4 is 23.3 Å². The fraction of sp³-hybridized carbons (Fsp3) is 0.385. The van der Waals surface area contributed by atoms with Gasteiger partial charge in [0.05, 0.1) is 4.92 Å². The molecule has 8 heteroatoms. The van der Waals surface area contributed by atoms with E-state index in [1.807, 2.05) is 13.8 Å². The van der Waals surface area contributed by atoms with Crippen molar-refractivity contribution in [2.45, 2.75) is 26.3 Å². The van der Waals surface area contributed by atoms with Gasteiger partial charge >= 0.3 is 5.97 Å². The molecule has 0 fully saturated rings. The van der Waals surface area contributed by atoms with Crippen LogP contribution in [-0.2, 0) is 4.79 Å². The second-order valence-electron chi connectivity index (χ2n) is 5.02. The minimum Gasteiger partial charge on any atom is -0.480 e. The molecule has 1 amide bonds. The number of carbonyl (C=O) groups excluding carboxylic acids is 1. The van der Waals surface area contributed by atoms with E-state index in [0.29, 0.717) is 6.42 Å². The number of carboxylic acid groups (broad SMARTS) is 1. The average molecular weight is 295 g/mol. The molecule has 114 valence electrons. The van der Waals surface area contributed by atoms with E-state index in [9.17, 15) is 19.7 Å². The van der Waals surface area contributed by atoms with Crippen LogP contribution in [-0.4, -0.2) is 27.9 Å². The van der Waals surface area contributed by atoms with Gasteiger partial charge in [0.15, 0.2) is 0 Å². The van der Waals surface area contributed by atoms with E-state index in [0.717, 1.165) is 6.07 Å². The molecule has 8 nitrogen and oxygen atoms in total. The molecule has 1 aromatic rings. The van der Waals surface area contributed by atoms with Crippen molar-refractivity contribution in [3.05, 3.63) is 33.9 Å². The highest BCUT2D eigenvalue weighted by atomic mass is 16.6. The number of aliphatic carboxylic acids is 1. The van der Waals surface area contributed by atoms with Gasteiger partial charge in [-0.25, -0.2) is 4.79 Å². The highest BCUT2D eigenvalue weighted by Crippen LogP contribution is 2.27. The number of hydrogen-bond donors (Lipinski definition) is 3. The molecule has 0 radical (unpaired) electrons. The van der Waals surface area contributed by atoms with Gasteiger partial charge in [0.1, 0.15) is 11.7 Å². The zero-order valence-electron chi connectivity index (χ0n) is 11.7. The Morgan fingerprint density at radius 2 is 2.05 bits per heavy atom. The molecule has 0 bridgehead atoms. The predicted molar refractivity (Wildman–Crippen MR) is 76.1 cm³/mol. The quantitative estimate of drug-likeness (QED) is 0.516. The Labute approximate surface area is 121 Å². The summed E-state index contributed by atoms with van der Waals surface area (Å²) in [5.74, 6) is -1.79. The number of nitro benzene ring substituents is 1. The number of primary amides is 1. The number of anilines is 1. The molecule has 1 rings (SSSR count). The third-order valence-electron chi connectivity index (χ3n) is 2.81. The minimum atomic E-state index is -1.10. The maximum atomic E-state index is 11.2. The molecular formula is C13H17N3O5. The standard InChI is InChI=1S/C13H17N3O5/c1-7(2)5-10(13(18)19)15-9-4-3-8(12(14)17)6-11(9)16(20)21/h3-4,6-7,10,15H,5H2,1-2H3,(H2,14,17)(H,18,19)/t10-/m1/s1. The number of nitrogens with one attached hydrogen (secondary N) is 1. The molecule has 0 heterocycles. The minimum absolute atomic E-state index is 0.0111. The lowest BCUT2D eigenvalue weighted by molar-refractivity contribution is -0.384. The van der Waals surface area contributed by atoms with Crippen LogP contribution in [0.5, 0.6) is 0 Å². The van der Waals surface area contributed by atoms with Crippen molar-refractivity contribution in [2.75, 3.05) is 5.32 Å². The van der Waals surface area contributed by atoms with Crippen molar-refractivity contribution in [2.24, 2.45) is 11.7 Å². The molecule has 0 aromatic heterocycles. The van der Waals surface area contributed by atoms with Gasteiger partial charge in [0.2, 0.25) is 5.91 Å². The summed E-state index contributed by atoms with van der Waals surface area (Å²) < 4.78 is 0. The summed E-state index contributed by atoms with van der Waals surface area (Å²) in [5.41, 5.74) is 4.71. The first-order chi connectivity index (χ1) is 9.72. The number of nitrogens with zero attached hydrogens (tertiary/aromatic N) is 1. The average Bonchev–Trinajstić information content (AvgIpc) is 2.37. The van der Waals surface area contributed by atoms with Crippen LogP contribution >= 0.6 is 0 Å². The maximum Gasteiger partial charge on any atom is 0.326 e. The molecule has 1 aromatic carbocycles. The molecule has 4 N–H and O–H groups in total. The SMILES string of the molecule is CC(C)C[C@@H](Nc1ccc(C(N)=O)cc1[N+](=O)[O-])C(=O)O. The van der Waals surface area contributed by atoms with Crippen molar-refractivity contribution in [1.82, 2.24) is 0 Å². The fourth-order valence-electron chi connectivity index (χ4n) is 1.84. The number of benzene rings is 1. The number of nitro groups is 1. The zero-order valence-corrected chi connectivity index (χ0v) is 11.7. The van der Waals surface area contributed by atoms with E-state index in [4.69, 9.17) is 10.8 Å². The van der Waals surface area contributed by atoms with E-state index in [1.165, 1.54) is 12.1 Å². The van der Waals surface area contributed by atoms with E-state index in [2.05, 4.69) is 5.32 Å². The van der Waals surface area contributed by atoms with Crippen LogP contribution in [0, 0.1) is 16.0 Å². The molecule has 0 spiro atoms. The van der Waals surface area contributed by atoms with E-state index >= 15 is 0 Å². The van der Waals surface area contributed by atoms with Gasteiger partial charge in [0.25, 0.3) is 5.69 Å². The van der Waals surface area contributed by atoms with Crippen LogP contribution < -0.4 is 11.1 Å². The largest absolute Gasteiger partial charge is 0.480 e. The molecular weight excluding hydrogens is 278 g/mol. The Kier molecular flexibility index (Phi) is 5.23. The van der Waals surface area contributed by atoms with Gasteiger partial charge in [-0.3, -0.25) is 14.9 Å². The summed E-state index contributed by atoms with van der Waals surface area (Å²) in [6, 6.07) is 2.67. The maximum absolute atomic E-state index is 11.2. The Hall–Kier alpha value is -2.64. The smallest absolute Gasteiger partial charge is 0.326 e. The summed E-state index contributed by atoms with van der Waals surface area (Å²) in [6.07, 6.45) is 0.310. The van der Waals surface area contributed by atoms with E-state index in [1.54, 1.807) is 0 Å². The summed E-state index contributed by atoms with van der Waals surface area (Å²) in [7, 11) is 0. The van der Waals surface area contributed by atoms with Crippen LogP contribution in [0.25, 0.3) is 0 Å². The monoisotopic (exact) mass is 295 g/mol. The van der Waals surface area contributed by atoms with Crippen molar-refractivity contribution in [3.8, 4) is 0 Å². The van der Waals surface area contributed by atoms with Gasteiger partial charge in [0, 0.05) is 11.6 Å². The summed E-state index contributed by atoms with van der Waals surface area (Å²) >= 11 is 0. The van der Waals surface area contributed by atoms with Crippen LogP contribution in [0.4, 0.5) is 11.4 Å². The van der Waals surface area contributed by atoms with E-state index < -0.39 is 22.8 Å². The van der Waals surface area contributed by atoms with Crippen molar-refractivity contribution in [1.29, 1.82) is 0 Å². The van der Waals surface area contributed by atoms with Gasteiger partial charge in [-0.05, 0) is 24.5 Å². The number of amides is 1. The topological polar surface area (TPSA) is 136 Å². The second-order valence-corrected chi connectivity index (χ2v) is 5.02.